The zero-order valence-electron chi connectivity index (χ0n) is 19.4. The van der Waals surface area contributed by atoms with Crippen LogP contribution in [0.5, 0.6) is 11.5 Å². The van der Waals surface area contributed by atoms with Gasteiger partial charge in [-0.1, -0.05) is 17.7 Å². The molecule has 0 aliphatic carbocycles. The van der Waals surface area contributed by atoms with Crippen LogP contribution in [-0.4, -0.2) is 42.5 Å². The average Bonchev–Trinajstić information content (AvgIpc) is 3.14. The number of rotatable bonds is 7. The van der Waals surface area contributed by atoms with E-state index in [1.165, 1.54) is 0 Å². The van der Waals surface area contributed by atoms with E-state index in [2.05, 4.69) is 10.7 Å². The Hall–Kier alpha value is -4.13. The topological polar surface area (TPSA) is 79.7 Å². The largest absolute Gasteiger partial charge is 0.497 e. The quantitative estimate of drug-likeness (QED) is 0.532. The normalized spacial score (nSPS) is 18.4. The lowest BCUT2D eigenvalue weighted by Crippen LogP contribution is -2.42. The van der Waals surface area contributed by atoms with E-state index in [4.69, 9.17) is 9.47 Å². The van der Waals surface area contributed by atoms with Crippen LogP contribution in [0.3, 0.4) is 0 Å². The number of hydrazine groups is 1. The van der Waals surface area contributed by atoms with Gasteiger partial charge in [0.25, 0.3) is 5.91 Å². The molecule has 0 radical (unpaired) electrons. The number of carbonyl (C=O) groups excluding carboxylic acids is 2. The highest BCUT2D eigenvalue weighted by atomic mass is 16.5. The number of amides is 2. The molecule has 2 atom stereocenters. The second-order valence-electron chi connectivity index (χ2n) is 8.05. The molecule has 174 valence electrons. The highest BCUT2D eigenvalue weighted by Gasteiger charge is 2.47. The number of aryl methyl sites for hydroxylation is 1. The van der Waals surface area contributed by atoms with Gasteiger partial charge >= 0.3 is 5.91 Å². The molecule has 34 heavy (non-hydrogen) atoms. The van der Waals surface area contributed by atoms with Gasteiger partial charge in [-0.15, -0.1) is 10.1 Å². The van der Waals surface area contributed by atoms with Crippen LogP contribution in [0, 0.1) is 6.92 Å². The molecule has 3 aromatic rings. The number of nitrogens with one attached hydrogen (secondary N) is 2. The molecule has 0 unspecified atom stereocenters. The van der Waals surface area contributed by atoms with Gasteiger partial charge in [0.1, 0.15) is 11.5 Å². The first-order valence-corrected chi connectivity index (χ1v) is 11.2. The maximum Gasteiger partial charge on any atom is 0.304 e. The number of benzene rings is 3. The molecule has 0 bridgehead atoms. The van der Waals surface area contributed by atoms with Gasteiger partial charge in [-0.25, -0.2) is 0 Å². The molecule has 3 aromatic carbocycles. The Bertz CT molecular complexity index is 1200. The number of nitrogens with zero attached hydrogens (tertiary/aromatic N) is 1. The van der Waals surface area contributed by atoms with E-state index in [1.54, 1.807) is 23.9 Å². The fourth-order valence-corrected chi connectivity index (χ4v) is 3.97. The van der Waals surface area contributed by atoms with Crippen LogP contribution in [0.4, 0.5) is 0 Å². The molecule has 7 heteroatoms. The lowest BCUT2D eigenvalue weighted by molar-refractivity contribution is -0.596. The molecule has 1 fully saturated rings. The summed E-state index contributed by atoms with van der Waals surface area (Å²) >= 11 is 0. The number of hydrogen-bond donors (Lipinski definition) is 2. The van der Waals surface area contributed by atoms with Gasteiger partial charge in [0, 0.05) is 16.7 Å². The van der Waals surface area contributed by atoms with Crippen molar-refractivity contribution in [2.45, 2.75) is 25.9 Å². The van der Waals surface area contributed by atoms with Gasteiger partial charge in [0.15, 0.2) is 6.04 Å². The molecule has 1 aliphatic rings. The summed E-state index contributed by atoms with van der Waals surface area (Å²) < 4.78 is 12.5. The third-order valence-electron chi connectivity index (χ3n) is 5.64. The summed E-state index contributed by atoms with van der Waals surface area (Å²) in [5.74, 6) is 0.901. The van der Waals surface area contributed by atoms with Crippen LogP contribution >= 0.6 is 0 Å². The van der Waals surface area contributed by atoms with E-state index in [9.17, 15) is 9.59 Å². The van der Waals surface area contributed by atoms with Crippen molar-refractivity contribution in [1.82, 2.24) is 10.7 Å². The van der Waals surface area contributed by atoms with Gasteiger partial charge in [-0.2, -0.15) is 0 Å². The Morgan fingerprint density at radius 1 is 1.06 bits per heavy atom. The van der Waals surface area contributed by atoms with Crippen molar-refractivity contribution in [3.05, 3.63) is 95.1 Å². The highest BCUT2D eigenvalue weighted by molar-refractivity contribution is 5.98. The first-order chi connectivity index (χ1) is 16.5. The van der Waals surface area contributed by atoms with Crippen molar-refractivity contribution in [3.63, 3.8) is 0 Å². The molecule has 2 N–H and O–H groups in total. The third-order valence-corrected chi connectivity index (χ3v) is 5.64. The van der Waals surface area contributed by atoms with Gasteiger partial charge in [0.2, 0.25) is 12.3 Å². The predicted molar refractivity (Wildman–Crippen MR) is 129 cm³/mol. The summed E-state index contributed by atoms with van der Waals surface area (Å²) in [5, 5.41) is 2.93. The molecule has 1 aliphatic heterocycles. The van der Waals surface area contributed by atoms with Crippen molar-refractivity contribution in [2.75, 3.05) is 13.7 Å². The lowest BCUT2D eigenvalue weighted by atomic mass is 9.99. The van der Waals surface area contributed by atoms with Crippen molar-refractivity contribution >= 4 is 18.0 Å². The molecular formula is C27H28N3O4+. The summed E-state index contributed by atoms with van der Waals surface area (Å²) in [4.78, 5) is 26.0. The Labute approximate surface area is 199 Å². The van der Waals surface area contributed by atoms with Crippen molar-refractivity contribution in [1.29, 1.82) is 0 Å². The molecule has 1 heterocycles. The van der Waals surface area contributed by atoms with Gasteiger partial charge in [-0.05, 0) is 74.5 Å². The second-order valence-corrected chi connectivity index (χ2v) is 8.05. The number of carbonyl (C=O) groups is 2. The smallest absolute Gasteiger partial charge is 0.304 e. The van der Waals surface area contributed by atoms with Crippen LogP contribution < -0.4 is 20.2 Å². The molecule has 7 nitrogen and oxygen atoms in total. The summed E-state index contributed by atoms with van der Waals surface area (Å²) in [6, 6.07) is 21.1. The van der Waals surface area contributed by atoms with Crippen LogP contribution in [0.2, 0.25) is 0 Å². The molecule has 0 spiro atoms. The predicted octanol–water partition coefficient (Wildman–Crippen LogP) is 3.42. The molecular weight excluding hydrogens is 430 g/mol. The van der Waals surface area contributed by atoms with Gasteiger partial charge in [0.05, 0.1) is 13.7 Å². The van der Waals surface area contributed by atoms with E-state index in [0.717, 1.165) is 22.4 Å². The van der Waals surface area contributed by atoms with E-state index in [-0.39, 0.29) is 11.8 Å². The van der Waals surface area contributed by atoms with E-state index < -0.39 is 12.1 Å². The van der Waals surface area contributed by atoms with Crippen molar-refractivity contribution < 1.29 is 23.7 Å². The minimum absolute atomic E-state index is 0.288. The Kier molecular flexibility index (Phi) is 6.92. The van der Waals surface area contributed by atoms with Crippen molar-refractivity contribution in [2.24, 2.45) is 0 Å². The molecule has 1 saturated heterocycles. The fourth-order valence-electron chi connectivity index (χ4n) is 3.97. The SMILES string of the molecule is CCOc1ccc(/C=[N+]2\NC(=O)[C@H](NC(=O)c3cccc(C)c3)[C@@H]2c2ccc(OC)cc2)cc1. The Morgan fingerprint density at radius 2 is 1.76 bits per heavy atom. The Morgan fingerprint density at radius 3 is 2.41 bits per heavy atom. The van der Waals surface area contributed by atoms with Crippen LogP contribution in [0.1, 0.15) is 40.0 Å². The van der Waals surface area contributed by atoms with Gasteiger partial charge in [-0.3, -0.25) is 9.59 Å². The van der Waals surface area contributed by atoms with Crippen LogP contribution in [-0.2, 0) is 4.79 Å². The summed E-state index contributed by atoms with van der Waals surface area (Å²) in [6.45, 7) is 4.45. The number of hydrogen-bond acceptors (Lipinski definition) is 4. The molecule has 2 amide bonds. The Balaban J connectivity index is 1.68. The number of methoxy groups -OCH3 is 1. The third kappa shape index (κ3) is 5.09. The zero-order valence-corrected chi connectivity index (χ0v) is 19.4. The number of ether oxygens (including phenoxy) is 2. The maximum absolute atomic E-state index is 13.0. The van der Waals surface area contributed by atoms with Crippen LogP contribution in [0.25, 0.3) is 0 Å². The molecule has 4 rings (SSSR count). The van der Waals surface area contributed by atoms with Gasteiger partial charge < -0.3 is 14.8 Å². The number of hydrazone groups is 1. The molecule has 0 saturated carbocycles. The second kappa shape index (κ2) is 10.2. The minimum Gasteiger partial charge on any atom is -0.497 e. The maximum atomic E-state index is 13.0. The summed E-state index contributed by atoms with van der Waals surface area (Å²) in [7, 11) is 1.60. The monoisotopic (exact) mass is 458 g/mol. The van der Waals surface area contributed by atoms with Crippen LogP contribution in [0.15, 0.2) is 72.8 Å². The highest BCUT2D eigenvalue weighted by Crippen LogP contribution is 2.27. The van der Waals surface area contributed by atoms with E-state index in [0.29, 0.717) is 17.9 Å². The fraction of sp³-hybridized carbons (Fsp3) is 0.222. The summed E-state index contributed by atoms with van der Waals surface area (Å²) in [5.41, 5.74) is 6.12. The first kappa shape index (κ1) is 23.0. The molecule has 0 aromatic heterocycles. The summed E-state index contributed by atoms with van der Waals surface area (Å²) in [6.07, 6.45) is 1.85. The minimum atomic E-state index is -0.791. The van der Waals surface area contributed by atoms with E-state index >= 15 is 0 Å². The average molecular weight is 459 g/mol. The lowest BCUT2D eigenvalue weighted by Gasteiger charge is -2.15. The van der Waals surface area contributed by atoms with Crippen molar-refractivity contribution in [3.8, 4) is 11.5 Å². The zero-order chi connectivity index (χ0) is 24.1. The standard InChI is InChI=1S/C27H27N3O4/c1-4-34-23-12-8-19(9-13-23)17-30-25(20-10-14-22(33-3)15-11-20)24(27(32)29-30)28-26(31)21-7-5-6-18(2)16-21/h5-17,24-25H,4H2,1-3H3,(H-,28,29,31,32)/p+1/b30-17-/t24-,25+/m1/s1. The first-order valence-electron chi connectivity index (χ1n) is 11.2. The van der Waals surface area contributed by atoms with E-state index in [1.807, 2.05) is 80.7 Å².